The summed E-state index contributed by atoms with van der Waals surface area (Å²) in [6, 6.07) is 4.05. The minimum atomic E-state index is -0.364. The maximum Gasteiger partial charge on any atom is 0.260 e. The summed E-state index contributed by atoms with van der Waals surface area (Å²) in [5.74, 6) is -0.0600. The first kappa shape index (κ1) is 16.9. The summed E-state index contributed by atoms with van der Waals surface area (Å²) in [7, 11) is 1.71. The molecule has 0 bridgehead atoms. The predicted octanol–water partition coefficient (Wildman–Crippen LogP) is 2.59. The second kappa shape index (κ2) is 8.92. The van der Waals surface area contributed by atoms with Crippen molar-refractivity contribution in [3.05, 3.63) is 28.5 Å². The zero-order chi connectivity index (χ0) is 15.0. The molecule has 1 rings (SSSR count). The van der Waals surface area contributed by atoms with Gasteiger partial charge in [0.2, 0.25) is 0 Å². The average Bonchev–Trinajstić information content (AvgIpc) is 2.42. The van der Waals surface area contributed by atoms with Crippen molar-refractivity contribution in [2.45, 2.75) is 19.3 Å². The van der Waals surface area contributed by atoms with Gasteiger partial charge in [0, 0.05) is 20.2 Å². The number of hydrogen-bond acceptors (Lipinski definition) is 3. The summed E-state index contributed by atoms with van der Waals surface area (Å²) < 4.78 is 18.7. The lowest BCUT2D eigenvalue weighted by Crippen LogP contribution is -2.32. The highest BCUT2D eigenvalue weighted by molar-refractivity contribution is 9.10. The molecule has 1 amide bonds. The summed E-state index contributed by atoms with van der Waals surface area (Å²) in [5, 5.41) is 8.66. The van der Waals surface area contributed by atoms with Crippen molar-refractivity contribution in [2.24, 2.45) is 0 Å². The topological polar surface area (TPSA) is 49.8 Å². The van der Waals surface area contributed by atoms with Crippen molar-refractivity contribution < 1.29 is 19.0 Å². The van der Waals surface area contributed by atoms with Crippen LogP contribution in [0.25, 0.3) is 0 Å². The van der Waals surface area contributed by atoms with Crippen LogP contribution in [-0.4, -0.2) is 42.7 Å². The molecule has 0 aliphatic rings. The summed E-state index contributed by atoms with van der Waals surface area (Å²) in [4.78, 5) is 13.4. The molecule has 0 saturated heterocycles. The van der Waals surface area contributed by atoms with Gasteiger partial charge in [0.1, 0.15) is 11.6 Å². The standard InChI is InChI=1S/C14H19BrFNO3/c1-17(7-3-2-4-8-18)14(19)10-20-13-6-5-11(16)9-12(13)15/h5-6,9,18H,2-4,7-8,10H2,1H3. The molecule has 1 aromatic carbocycles. The Labute approximate surface area is 126 Å². The lowest BCUT2D eigenvalue weighted by molar-refractivity contribution is -0.132. The molecule has 0 aliphatic carbocycles. The normalized spacial score (nSPS) is 10.4. The molecule has 0 saturated carbocycles. The molecular weight excluding hydrogens is 329 g/mol. The average molecular weight is 348 g/mol. The Balaban J connectivity index is 2.34. The first-order chi connectivity index (χ1) is 9.54. The van der Waals surface area contributed by atoms with Crippen molar-refractivity contribution in [2.75, 3.05) is 26.8 Å². The van der Waals surface area contributed by atoms with Crippen molar-refractivity contribution in [3.8, 4) is 5.75 Å². The van der Waals surface area contributed by atoms with Gasteiger partial charge in [0.15, 0.2) is 6.61 Å². The van der Waals surface area contributed by atoms with Crippen LogP contribution >= 0.6 is 15.9 Å². The maximum absolute atomic E-state index is 12.9. The summed E-state index contributed by atoms with van der Waals surface area (Å²) >= 11 is 3.18. The molecular formula is C14H19BrFNO3. The Hall–Kier alpha value is -1.14. The second-order valence-corrected chi connectivity index (χ2v) is 5.32. The molecule has 0 heterocycles. The van der Waals surface area contributed by atoms with Crippen LogP contribution in [0.15, 0.2) is 22.7 Å². The zero-order valence-electron chi connectivity index (χ0n) is 11.4. The van der Waals surface area contributed by atoms with Gasteiger partial charge in [-0.25, -0.2) is 4.39 Å². The largest absolute Gasteiger partial charge is 0.483 e. The molecule has 0 unspecified atom stereocenters. The molecule has 4 nitrogen and oxygen atoms in total. The van der Waals surface area contributed by atoms with Crippen molar-refractivity contribution in [1.29, 1.82) is 0 Å². The zero-order valence-corrected chi connectivity index (χ0v) is 13.0. The third-order valence-electron chi connectivity index (χ3n) is 2.82. The number of aliphatic hydroxyl groups is 1. The summed E-state index contributed by atoms with van der Waals surface area (Å²) in [6.45, 7) is 0.729. The molecule has 0 fully saturated rings. The number of benzene rings is 1. The first-order valence-electron chi connectivity index (χ1n) is 6.47. The first-order valence-corrected chi connectivity index (χ1v) is 7.26. The molecule has 0 atom stereocenters. The lowest BCUT2D eigenvalue weighted by atomic mass is 10.2. The van der Waals surface area contributed by atoms with E-state index in [0.29, 0.717) is 16.8 Å². The highest BCUT2D eigenvalue weighted by atomic mass is 79.9. The van der Waals surface area contributed by atoms with E-state index in [1.165, 1.54) is 18.2 Å². The number of aliphatic hydroxyl groups excluding tert-OH is 1. The SMILES string of the molecule is CN(CCCCCO)C(=O)COc1ccc(F)cc1Br. The minimum absolute atomic E-state index is 0.0826. The van der Waals surface area contributed by atoms with Crippen LogP contribution in [0.3, 0.4) is 0 Å². The second-order valence-electron chi connectivity index (χ2n) is 4.46. The predicted molar refractivity (Wildman–Crippen MR) is 78.2 cm³/mol. The van der Waals surface area contributed by atoms with Gasteiger partial charge in [-0.2, -0.15) is 0 Å². The van der Waals surface area contributed by atoms with Crippen LogP contribution < -0.4 is 4.74 Å². The van der Waals surface area contributed by atoms with Gasteiger partial charge in [-0.1, -0.05) is 0 Å². The third-order valence-corrected chi connectivity index (χ3v) is 3.44. The quantitative estimate of drug-likeness (QED) is 0.735. The van der Waals surface area contributed by atoms with Gasteiger partial charge in [-0.15, -0.1) is 0 Å². The fourth-order valence-electron chi connectivity index (χ4n) is 1.60. The number of rotatable bonds is 8. The van der Waals surface area contributed by atoms with Crippen LogP contribution in [0.2, 0.25) is 0 Å². The number of halogens is 2. The maximum atomic E-state index is 12.9. The number of hydrogen-bond donors (Lipinski definition) is 1. The van der Waals surface area contributed by atoms with E-state index in [-0.39, 0.29) is 24.9 Å². The van der Waals surface area contributed by atoms with Crippen LogP contribution in [0, 0.1) is 5.82 Å². The van der Waals surface area contributed by atoms with Crippen molar-refractivity contribution >= 4 is 21.8 Å². The number of nitrogens with zero attached hydrogens (tertiary/aromatic N) is 1. The molecule has 0 radical (unpaired) electrons. The van der Waals surface area contributed by atoms with Gasteiger partial charge in [-0.3, -0.25) is 4.79 Å². The van der Waals surface area contributed by atoms with E-state index >= 15 is 0 Å². The highest BCUT2D eigenvalue weighted by Crippen LogP contribution is 2.25. The molecule has 0 aromatic heterocycles. The Kier molecular flexibility index (Phi) is 7.54. The summed E-state index contributed by atoms with van der Waals surface area (Å²) in [6.07, 6.45) is 2.49. The fourth-order valence-corrected chi connectivity index (χ4v) is 2.07. The Morgan fingerprint density at radius 2 is 2.15 bits per heavy atom. The van der Waals surface area contributed by atoms with Crippen LogP contribution in [0.5, 0.6) is 5.75 Å². The van der Waals surface area contributed by atoms with E-state index in [0.717, 1.165) is 19.3 Å². The van der Waals surface area contributed by atoms with Crippen molar-refractivity contribution in [3.63, 3.8) is 0 Å². The third kappa shape index (κ3) is 5.88. The van der Waals surface area contributed by atoms with Crippen LogP contribution in [-0.2, 0) is 4.79 Å². The van der Waals surface area contributed by atoms with E-state index < -0.39 is 0 Å². The van der Waals surface area contributed by atoms with E-state index in [1.807, 2.05) is 0 Å². The molecule has 1 aromatic rings. The number of ether oxygens (including phenoxy) is 1. The fraction of sp³-hybridized carbons (Fsp3) is 0.500. The molecule has 112 valence electrons. The Bertz CT molecular complexity index is 442. The number of likely N-dealkylation sites (N-methyl/N-ethyl adjacent to an activating group) is 1. The number of amides is 1. The Morgan fingerprint density at radius 3 is 2.80 bits per heavy atom. The number of carbonyl (C=O) groups is 1. The molecule has 6 heteroatoms. The Morgan fingerprint density at radius 1 is 1.40 bits per heavy atom. The molecule has 20 heavy (non-hydrogen) atoms. The number of unbranched alkanes of at least 4 members (excludes halogenated alkanes) is 2. The van der Waals surface area contributed by atoms with E-state index in [2.05, 4.69) is 15.9 Å². The summed E-state index contributed by atoms with van der Waals surface area (Å²) in [5.41, 5.74) is 0. The minimum Gasteiger partial charge on any atom is -0.483 e. The number of carbonyl (C=O) groups excluding carboxylic acids is 1. The van der Waals surface area contributed by atoms with Crippen molar-refractivity contribution in [1.82, 2.24) is 4.90 Å². The van der Waals surface area contributed by atoms with Gasteiger partial charge in [0.25, 0.3) is 5.91 Å². The highest BCUT2D eigenvalue weighted by Gasteiger charge is 2.10. The lowest BCUT2D eigenvalue weighted by Gasteiger charge is -2.17. The van der Waals surface area contributed by atoms with Crippen LogP contribution in [0.4, 0.5) is 4.39 Å². The smallest absolute Gasteiger partial charge is 0.260 e. The van der Waals surface area contributed by atoms with E-state index in [9.17, 15) is 9.18 Å². The van der Waals surface area contributed by atoms with Gasteiger partial charge in [0.05, 0.1) is 4.47 Å². The molecule has 1 N–H and O–H groups in total. The van der Waals surface area contributed by atoms with Gasteiger partial charge in [-0.05, 0) is 53.4 Å². The van der Waals surface area contributed by atoms with E-state index in [1.54, 1.807) is 11.9 Å². The molecule has 0 aliphatic heterocycles. The van der Waals surface area contributed by atoms with Crippen LogP contribution in [0.1, 0.15) is 19.3 Å². The monoisotopic (exact) mass is 347 g/mol. The van der Waals surface area contributed by atoms with Gasteiger partial charge < -0.3 is 14.7 Å². The molecule has 0 spiro atoms. The van der Waals surface area contributed by atoms with Gasteiger partial charge >= 0.3 is 0 Å². The van der Waals surface area contributed by atoms with E-state index in [4.69, 9.17) is 9.84 Å².